The second-order valence-corrected chi connectivity index (χ2v) is 4.52. The molecule has 2 fully saturated rings. The molecule has 76 valence electrons. The summed E-state index contributed by atoms with van der Waals surface area (Å²) in [5.74, 6) is 0.754. The predicted octanol–water partition coefficient (Wildman–Crippen LogP) is 2.11. The SMILES string of the molecule is CCC1CCCC12CCC(CO)O2. The molecule has 0 radical (unpaired) electrons. The van der Waals surface area contributed by atoms with Gasteiger partial charge in [0.25, 0.3) is 0 Å². The van der Waals surface area contributed by atoms with Crippen molar-refractivity contribution in [3.05, 3.63) is 0 Å². The van der Waals surface area contributed by atoms with E-state index in [-0.39, 0.29) is 18.3 Å². The van der Waals surface area contributed by atoms with Crippen LogP contribution in [-0.4, -0.2) is 23.4 Å². The number of aliphatic hydroxyl groups is 1. The fourth-order valence-electron chi connectivity index (χ4n) is 3.16. The van der Waals surface area contributed by atoms with Crippen molar-refractivity contribution in [1.82, 2.24) is 0 Å². The zero-order valence-electron chi connectivity index (χ0n) is 8.46. The van der Waals surface area contributed by atoms with Crippen LogP contribution in [0.1, 0.15) is 45.4 Å². The molecule has 0 amide bonds. The first-order chi connectivity index (χ1) is 6.30. The monoisotopic (exact) mass is 184 g/mol. The maximum absolute atomic E-state index is 9.04. The van der Waals surface area contributed by atoms with Crippen molar-refractivity contribution >= 4 is 0 Å². The highest BCUT2D eigenvalue weighted by atomic mass is 16.5. The van der Waals surface area contributed by atoms with Crippen molar-refractivity contribution in [2.75, 3.05) is 6.61 Å². The first kappa shape index (κ1) is 9.47. The minimum absolute atomic E-state index is 0.132. The highest BCUT2D eigenvalue weighted by Crippen LogP contribution is 2.48. The van der Waals surface area contributed by atoms with Gasteiger partial charge in [-0.2, -0.15) is 0 Å². The highest BCUT2D eigenvalue weighted by molar-refractivity contribution is 4.98. The highest BCUT2D eigenvalue weighted by Gasteiger charge is 2.47. The van der Waals surface area contributed by atoms with E-state index in [1.807, 2.05) is 0 Å². The van der Waals surface area contributed by atoms with Gasteiger partial charge in [-0.05, 0) is 31.6 Å². The molecule has 2 heteroatoms. The van der Waals surface area contributed by atoms with E-state index in [1.54, 1.807) is 0 Å². The number of hydrogen-bond acceptors (Lipinski definition) is 2. The Kier molecular flexibility index (Phi) is 2.61. The molecule has 2 nitrogen and oxygen atoms in total. The van der Waals surface area contributed by atoms with Crippen LogP contribution in [0, 0.1) is 5.92 Å². The van der Waals surface area contributed by atoms with Gasteiger partial charge in [-0.1, -0.05) is 19.8 Å². The van der Waals surface area contributed by atoms with E-state index in [9.17, 15) is 0 Å². The molecule has 13 heavy (non-hydrogen) atoms. The summed E-state index contributed by atoms with van der Waals surface area (Å²) in [5.41, 5.74) is 0.169. The van der Waals surface area contributed by atoms with Gasteiger partial charge in [0.05, 0.1) is 18.3 Å². The Balaban J connectivity index is 2.04. The zero-order chi connectivity index (χ0) is 9.31. The summed E-state index contributed by atoms with van der Waals surface area (Å²) in [6.45, 7) is 2.46. The Labute approximate surface area is 80.3 Å². The molecule has 2 aliphatic rings. The van der Waals surface area contributed by atoms with Crippen molar-refractivity contribution in [3.8, 4) is 0 Å². The normalized spacial score (nSPS) is 44.8. The van der Waals surface area contributed by atoms with Crippen LogP contribution < -0.4 is 0 Å². The largest absolute Gasteiger partial charge is 0.394 e. The standard InChI is InChI=1S/C11H20O2/c1-2-9-4-3-6-11(9)7-5-10(8-12)13-11/h9-10,12H,2-8H2,1H3. The summed E-state index contributed by atoms with van der Waals surface area (Å²) in [6.07, 6.45) is 7.47. The van der Waals surface area contributed by atoms with Crippen molar-refractivity contribution in [2.45, 2.75) is 57.2 Å². The molecule has 1 saturated heterocycles. The summed E-state index contributed by atoms with van der Waals surface area (Å²) in [4.78, 5) is 0. The van der Waals surface area contributed by atoms with E-state index in [0.717, 1.165) is 12.3 Å². The molecule has 2 rings (SSSR count). The molecule has 1 saturated carbocycles. The topological polar surface area (TPSA) is 29.5 Å². The van der Waals surface area contributed by atoms with Gasteiger partial charge in [-0.3, -0.25) is 0 Å². The van der Waals surface area contributed by atoms with E-state index in [0.29, 0.717) is 0 Å². The molecule has 1 aliphatic carbocycles. The summed E-state index contributed by atoms with van der Waals surface area (Å²) in [7, 11) is 0. The van der Waals surface area contributed by atoms with Crippen molar-refractivity contribution in [2.24, 2.45) is 5.92 Å². The van der Waals surface area contributed by atoms with Crippen LogP contribution in [0.5, 0.6) is 0 Å². The lowest BCUT2D eigenvalue weighted by Crippen LogP contribution is -2.33. The quantitative estimate of drug-likeness (QED) is 0.712. The second kappa shape index (κ2) is 3.58. The maximum Gasteiger partial charge on any atom is 0.0814 e. The molecule has 3 atom stereocenters. The number of ether oxygens (including phenoxy) is 1. The van der Waals surface area contributed by atoms with Crippen LogP contribution in [-0.2, 0) is 4.74 Å². The van der Waals surface area contributed by atoms with Crippen LogP contribution >= 0.6 is 0 Å². The van der Waals surface area contributed by atoms with Crippen LogP contribution in [0.25, 0.3) is 0 Å². The zero-order valence-corrected chi connectivity index (χ0v) is 8.46. The maximum atomic E-state index is 9.04. The van der Waals surface area contributed by atoms with E-state index in [1.165, 1.54) is 32.1 Å². The van der Waals surface area contributed by atoms with Gasteiger partial charge < -0.3 is 9.84 Å². The Hall–Kier alpha value is -0.0800. The van der Waals surface area contributed by atoms with E-state index < -0.39 is 0 Å². The van der Waals surface area contributed by atoms with Gasteiger partial charge in [0.15, 0.2) is 0 Å². The number of hydrogen-bond donors (Lipinski definition) is 1. The first-order valence-electron chi connectivity index (χ1n) is 5.59. The fourth-order valence-corrected chi connectivity index (χ4v) is 3.16. The molecular formula is C11H20O2. The molecular weight excluding hydrogens is 164 g/mol. The third-order valence-corrected chi connectivity index (χ3v) is 3.88. The molecule has 0 aromatic heterocycles. The summed E-state index contributed by atoms with van der Waals surface area (Å²) < 4.78 is 6.01. The summed E-state index contributed by atoms with van der Waals surface area (Å²) in [6, 6.07) is 0. The van der Waals surface area contributed by atoms with E-state index in [4.69, 9.17) is 9.84 Å². The lowest BCUT2D eigenvalue weighted by Gasteiger charge is -2.30. The Bertz CT molecular complexity index is 181. The molecule has 1 aliphatic heterocycles. The molecule has 1 spiro atoms. The van der Waals surface area contributed by atoms with Gasteiger partial charge in [0, 0.05) is 0 Å². The molecule has 0 bridgehead atoms. The second-order valence-electron chi connectivity index (χ2n) is 4.52. The van der Waals surface area contributed by atoms with Crippen molar-refractivity contribution < 1.29 is 9.84 Å². The third kappa shape index (κ3) is 1.50. The van der Waals surface area contributed by atoms with E-state index >= 15 is 0 Å². The van der Waals surface area contributed by atoms with Crippen molar-refractivity contribution in [1.29, 1.82) is 0 Å². The lowest BCUT2D eigenvalue weighted by molar-refractivity contribution is -0.0808. The van der Waals surface area contributed by atoms with Crippen molar-refractivity contribution in [3.63, 3.8) is 0 Å². The molecule has 0 aromatic rings. The van der Waals surface area contributed by atoms with Crippen LogP contribution in [0.2, 0.25) is 0 Å². The Morgan fingerprint density at radius 2 is 2.23 bits per heavy atom. The fraction of sp³-hybridized carbons (Fsp3) is 1.00. The average molecular weight is 184 g/mol. The average Bonchev–Trinajstić information content (AvgIpc) is 2.74. The van der Waals surface area contributed by atoms with Gasteiger partial charge in [-0.25, -0.2) is 0 Å². The van der Waals surface area contributed by atoms with Gasteiger partial charge in [0.1, 0.15) is 0 Å². The minimum atomic E-state index is 0.132. The number of rotatable bonds is 2. The Morgan fingerprint density at radius 1 is 1.38 bits per heavy atom. The number of aliphatic hydroxyl groups excluding tert-OH is 1. The van der Waals surface area contributed by atoms with E-state index in [2.05, 4.69) is 6.92 Å². The smallest absolute Gasteiger partial charge is 0.0814 e. The van der Waals surface area contributed by atoms with Crippen LogP contribution in [0.3, 0.4) is 0 Å². The molecule has 0 aromatic carbocycles. The summed E-state index contributed by atoms with van der Waals surface area (Å²) in [5, 5.41) is 9.04. The predicted molar refractivity (Wildman–Crippen MR) is 51.6 cm³/mol. The van der Waals surface area contributed by atoms with Gasteiger partial charge in [0.2, 0.25) is 0 Å². The lowest BCUT2D eigenvalue weighted by atomic mass is 9.86. The first-order valence-corrected chi connectivity index (χ1v) is 5.59. The Morgan fingerprint density at radius 3 is 2.85 bits per heavy atom. The molecule has 1 N–H and O–H groups in total. The van der Waals surface area contributed by atoms with Crippen LogP contribution in [0.15, 0.2) is 0 Å². The van der Waals surface area contributed by atoms with Gasteiger partial charge >= 0.3 is 0 Å². The van der Waals surface area contributed by atoms with Crippen LogP contribution in [0.4, 0.5) is 0 Å². The third-order valence-electron chi connectivity index (χ3n) is 3.88. The minimum Gasteiger partial charge on any atom is -0.394 e. The summed E-state index contributed by atoms with van der Waals surface area (Å²) >= 11 is 0. The molecule has 1 heterocycles. The van der Waals surface area contributed by atoms with Gasteiger partial charge in [-0.15, -0.1) is 0 Å². The molecule has 3 unspecified atom stereocenters.